The minimum absolute atomic E-state index is 0.000462. The minimum atomic E-state index is -2.78. The standard InChI is InChI=1S/C7H8BrF2NS/c8-6-3-5(4-12-6)7(9,10)1-2-11/h3-4H,1-2,11H2. The highest BCUT2D eigenvalue weighted by molar-refractivity contribution is 9.11. The van der Waals surface area contributed by atoms with Gasteiger partial charge in [-0.1, -0.05) is 0 Å². The predicted octanol–water partition coefficient (Wildman–Crippen LogP) is 2.95. The lowest BCUT2D eigenvalue weighted by Gasteiger charge is -2.12. The van der Waals surface area contributed by atoms with Gasteiger partial charge in [-0.25, -0.2) is 8.78 Å². The summed E-state index contributed by atoms with van der Waals surface area (Å²) < 4.78 is 26.9. The Bertz CT molecular complexity index is 262. The normalized spacial score (nSPS) is 12.0. The Labute approximate surface area is 81.7 Å². The van der Waals surface area contributed by atoms with Crippen molar-refractivity contribution in [3.63, 3.8) is 0 Å². The lowest BCUT2D eigenvalue weighted by atomic mass is 10.1. The summed E-state index contributed by atoms with van der Waals surface area (Å²) in [5, 5.41) is 1.44. The molecule has 0 aliphatic rings. The maximum absolute atomic E-state index is 13.1. The Kier molecular flexibility index (Phi) is 3.20. The molecule has 68 valence electrons. The van der Waals surface area contributed by atoms with E-state index < -0.39 is 5.92 Å². The van der Waals surface area contributed by atoms with Gasteiger partial charge in [0.1, 0.15) is 0 Å². The van der Waals surface area contributed by atoms with E-state index in [4.69, 9.17) is 5.73 Å². The van der Waals surface area contributed by atoms with Crippen molar-refractivity contribution in [3.05, 3.63) is 20.8 Å². The maximum atomic E-state index is 13.1. The highest BCUT2D eigenvalue weighted by Gasteiger charge is 2.31. The second-order valence-corrected chi connectivity index (χ2v) is 4.67. The molecule has 0 atom stereocenters. The second kappa shape index (κ2) is 3.81. The van der Waals surface area contributed by atoms with Crippen LogP contribution in [0.5, 0.6) is 0 Å². The van der Waals surface area contributed by atoms with Gasteiger partial charge in [0.05, 0.1) is 3.79 Å². The van der Waals surface area contributed by atoms with Crippen molar-refractivity contribution in [1.29, 1.82) is 0 Å². The SMILES string of the molecule is NCCC(F)(F)c1csc(Br)c1. The van der Waals surface area contributed by atoms with Crippen LogP contribution in [0.4, 0.5) is 8.78 Å². The molecule has 1 rings (SSSR count). The average molecular weight is 256 g/mol. The number of alkyl halides is 2. The Balaban J connectivity index is 2.81. The van der Waals surface area contributed by atoms with Gasteiger partial charge in [-0.05, 0) is 28.5 Å². The summed E-state index contributed by atoms with van der Waals surface area (Å²) in [5.41, 5.74) is 5.12. The third-order valence-corrected chi connectivity index (χ3v) is 2.95. The molecule has 12 heavy (non-hydrogen) atoms. The summed E-state index contributed by atoms with van der Waals surface area (Å²) in [6, 6.07) is 1.43. The molecular formula is C7H8BrF2NS. The number of rotatable bonds is 3. The van der Waals surface area contributed by atoms with Gasteiger partial charge in [0.25, 0.3) is 5.92 Å². The molecule has 1 aromatic heterocycles. The number of halogens is 3. The van der Waals surface area contributed by atoms with Crippen LogP contribution >= 0.6 is 27.3 Å². The molecule has 0 aliphatic carbocycles. The summed E-state index contributed by atoms with van der Waals surface area (Å²) in [4.78, 5) is 0. The summed E-state index contributed by atoms with van der Waals surface area (Å²) in [7, 11) is 0. The number of hydrogen-bond acceptors (Lipinski definition) is 2. The lowest BCUT2D eigenvalue weighted by molar-refractivity contribution is -0.0103. The first kappa shape index (κ1) is 10.1. The van der Waals surface area contributed by atoms with Gasteiger partial charge in [-0.3, -0.25) is 0 Å². The van der Waals surface area contributed by atoms with E-state index in [2.05, 4.69) is 15.9 Å². The van der Waals surface area contributed by atoms with Gasteiger partial charge < -0.3 is 5.73 Å². The summed E-state index contributed by atoms with van der Waals surface area (Å²) >= 11 is 4.38. The molecule has 0 aliphatic heterocycles. The van der Waals surface area contributed by atoms with E-state index in [1.165, 1.54) is 22.8 Å². The molecule has 0 saturated heterocycles. The fraction of sp³-hybridized carbons (Fsp3) is 0.429. The van der Waals surface area contributed by atoms with Crippen molar-refractivity contribution in [2.24, 2.45) is 5.73 Å². The zero-order chi connectivity index (χ0) is 9.19. The molecule has 0 aromatic carbocycles. The quantitative estimate of drug-likeness (QED) is 0.884. The van der Waals surface area contributed by atoms with Gasteiger partial charge in [0.2, 0.25) is 0 Å². The molecule has 2 N–H and O–H groups in total. The zero-order valence-corrected chi connectivity index (χ0v) is 8.59. The van der Waals surface area contributed by atoms with Gasteiger partial charge in [-0.2, -0.15) is 0 Å². The van der Waals surface area contributed by atoms with Gasteiger partial charge in [0, 0.05) is 17.4 Å². The van der Waals surface area contributed by atoms with Crippen molar-refractivity contribution in [2.45, 2.75) is 12.3 Å². The summed E-state index contributed by atoms with van der Waals surface area (Å²) in [6.45, 7) is 0.000462. The van der Waals surface area contributed by atoms with Crippen LogP contribution < -0.4 is 5.73 Å². The van der Waals surface area contributed by atoms with E-state index in [1.54, 1.807) is 0 Å². The fourth-order valence-corrected chi connectivity index (χ4v) is 2.03. The predicted molar refractivity (Wildman–Crippen MR) is 49.6 cm³/mol. The molecule has 0 bridgehead atoms. The van der Waals surface area contributed by atoms with Crippen LogP contribution in [-0.2, 0) is 5.92 Å². The van der Waals surface area contributed by atoms with Crippen LogP contribution in [0.15, 0.2) is 15.2 Å². The van der Waals surface area contributed by atoms with Crippen molar-refractivity contribution in [3.8, 4) is 0 Å². The number of nitrogens with two attached hydrogens (primary N) is 1. The molecule has 1 nitrogen and oxygen atoms in total. The van der Waals surface area contributed by atoms with Crippen molar-refractivity contribution in [1.82, 2.24) is 0 Å². The molecule has 0 saturated carbocycles. The molecule has 5 heteroatoms. The average Bonchev–Trinajstić information content (AvgIpc) is 2.36. The fourth-order valence-electron chi connectivity index (χ4n) is 0.827. The van der Waals surface area contributed by atoms with Crippen LogP contribution in [0.3, 0.4) is 0 Å². The lowest BCUT2D eigenvalue weighted by Crippen LogP contribution is -2.17. The monoisotopic (exact) mass is 255 g/mol. The summed E-state index contributed by atoms with van der Waals surface area (Å²) in [6.07, 6.45) is -0.295. The molecule has 1 heterocycles. The Morgan fingerprint density at radius 2 is 2.25 bits per heavy atom. The maximum Gasteiger partial charge on any atom is 0.275 e. The Morgan fingerprint density at radius 3 is 2.67 bits per heavy atom. The highest BCUT2D eigenvalue weighted by atomic mass is 79.9. The van der Waals surface area contributed by atoms with E-state index in [0.29, 0.717) is 3.79 Å². The van der Waals surface area contributed by atoms with Crippen molar-refractivity contribution >= 4 is 27.3 Å². The first-order chi connectivity index (χ1) is 5.56. The van der Waals surface area contributed by atoms with E-state index in [9.17, 15) is 8.78 Å². The third-order valence-electron chi connectivity index (χ3n) is 1.45. The largest absolute Gasteiger partial charge is 0.330 e. The van der Waals surface area contributed by atoms with Crippen molar-refractivity contribution in [2.75, 3.05) is 6.54 Å². The smallest absolute Gasteiger partial charge is 0.275 e. The number of hydrogen-bond donors (Lipinski definition) is 1. The Hall–Kier alpha value is -0.000000000000000111. The molecule has 0 unspecified atom stereocenters. The Morgan fingerprint density at radius 1 is 1.58 bits per heavy atom. The molecule has 0 fully saturated rings. The van der Waals surface area contributed by atoms with Crippen molar-refractivity contribution < 1.29 is 8.78 Å². The third kappa shape index (κ3) is 2.24. The molecular weight excluding hydrogens is 248 g/mol. The second-order valence-electron chi connectivity index (χ2n) is 2.38. The molecule has 0 amide bonds. The van der Waals surface area contributed by atoms with Crippen LogP contribution in [0.25, 0.3) is 0 Å². The van der Waals surface area contributed by atoms with Crippen LogP contribution in [0.1, 0.15) is 12.0 Å². The van der Waals surface area contributed by atoms with Crippen LogP contribution in [0.2, 0.25) is 0 Å². The van der Waals surface area contributed by atoms with Gasteiger partial charge >= 0.3 is 0 Å². The van der Waals surface area contributed by atoms with E-state index in [0.717, 1.165) is 0 Å². The van der Waals surface area contributed by atoms with E-state index >= 15 is 0 Å². The zero-order valence-electron chi connectivity index (χ0n) is 6.19. The van der Waals surface area contributed by atoms with Gasteiger partial charge in [0.15, 0.2) is 0 Å². The topological polar surface area (TPSA) is 26.0 Å². The van der Waals surface area contributed by atoms with Crippen LogP contribution in [0, 0.1) is 0 Å². The molecule has 0 radical (unpaired) electrons. The first-order valence-corrected chi connectivity index (χ1v) is 5.06. The number of thiophene rings is 1. The van der Waals surface area contributed by atoms with E-state index in [-0.39, 0.29) is 18.5 Å². The highest BCUT2D eigenvalue weighted by Crippen LogP contribution is 2.35. The van der Waals surface area contributed by atoms with E-state index in [1.807, 2.05) is 0 Å². The molecule has 0 spiro atoms. The van der Waals surface area contributed by atoms with Crippen LogP contribution in [-0.4, -0.2) is 6.54 Å². The minimum Gasteiger partial charge on any atom is -0.330 e. The van der Waals surface area contributed by atoms with Gasteiger partial charge in [-0.15, -0.1) is 11.3 Å². The summed E-state index contributed by atoms with van der Waals surface area (Å²) in [5.74, 6) is -2.78. The molecule has 1 aromatic rings. The first-order valence-electron chi connectivity index (χ1n) is 3.38.